The summed E-state index contributed by atoms with van der Waals surface area (Å²) in [6, 6.07) is 23.7. The van der Waals surface area contributed by atoms with Gasteiger partial charge in [-0.15, -0.1) is 0 Å². The third kappa shape index (κ3) is 5.03. The molecule has 33 heavy (non-hydrogen) atoms. The van der Waals surface area contributed by atoms with Crippen molar-refractivity contribution in [3.8, 4) is 5.75 Å². The zero-order valence-electron chi connectivity index (χ0n) is 18.3. The topological polar surface area (TPSA) is 87.7 Å². The molecule has 7 nitrogen and oxygen atoms in total. The van der Waals surface area contributed by atoms with Crippen LogP contribution in [-0.4, -0.2) is 31.4 Å². The Morgan fingerprint density at radius 3 is 2.45 bits per heavy atom. The smallest absolute Gasteiger partial charge is 0.253 e. The van der Waals surface area contributed by atoms with Gasteiger partial charge in [0.2, 0.25) is 11.8 Å². The fourth-order valence-electron chi connectivity index (χ4n) is 3.87. The predicted octanol–water partition coefficient (Wildman–Crippen LogP) is 3.62. The Bertz CT molecular complexity index is 1160. The number of nitrogens with zero attached hydrogens (tertiary/aromatic N) is 1. The van der Waals surface area contributed by atoms with Crippen LogP contribution in [0.5, 0.6) is 5.75 Å². The second-order valence-corrected chi connectivity index (χ2v) is 7.78. The van der Waals surface area contributed by atoms with Crippen molar-refractivity contribution in [2.45, 2.75) is 13.0 Å². The van der Waals surface area contributed by atoms with E-state index in [0.29, 0.717) is 29.2 Å². The second-order valence-electron chi connectivity index (χ2n) is 7.78. The number of ether oxygens (including phenoxy) is 1. The molecule has 0 saturated carbocycles. The molecule has 2 N–H and O–H groups in total. The Hall–Kier alpha value is -4.13. The Morgan fingerprint density at radius 2 is 1.67 bits per heavy atom. The maximum Gasteiger partial charge on any atom is 0.253 e. The highest BCUT2D eigenvalue weighted by Crippen LogP contribution is 2.33. The van der Waals surface area contributed by atoms with Crippen molar-refractivity contribution in [1.29, 1.82) is 0 Å². The number of rotatable bonds is 7. The Morgan fingerprint density at radius 1 is 0.970 bits per heavy atom. The Balaban J connectivity index is 1.44. The summed E-state index contributed by atoms with van der Waals surface area (Å²) in [4.78, 5) is 40.0. The summed E-state index contributed by atoms with van der Waals surface area (Å²) in [5.41, 5.74) is 2.40. The van der Waals surface area contributed by atoms with Crippen LogP contribution in [0.25, 0.3) is 0 Å². The molecule has 1 heterocycles. The van der Waals surface area contributed by atoms with E-state index in [1.165, 1.54) is 0 Å². The molecule has 7 heteroatoms. The third-order valence-electron chi connectivity index (χ3n) is 5.60. The summed E-state index contributed by atoms with van der Waals surface area (Å²) >= 11 is 0. The molecule has 0 spiro atoms. The molecule has 168 valence electrons. The summed E-state index contributed by atoms with van der Waals surface area (Å²) in [6.45, 7) is 0.625. The van der Waals surface area contributed by atoms with Gasteiger partial charge in [-0.2, -0.15) is 0 Å². The molecule has 1 saturated heterocycles. The standard InChI is InChI=1S/C26H25N3O4/c1-33-23-14-8-7-13-22(23)29-17-19(15-24(29)30)25(31)28-21-12-6-5-11-20(21)26(32)27-16-18-9-3-2-4-10-18/h2-14,19H,15-17H2,1H3,(H,27,32)(H,28,31). The van der Waals surface area contributed by atoms with E-state index in [1.807, 2.05) is 42.5 Å². The highest BCUT2D eigenvalue weighted by atomic mass is 16.5. The van der Waals surface area contributed by atoms with Gasteiger partial charge in [0.05, 0.1) is 30.0 Å². The van der Waals surface area contributed by atoms with Crippen molar-refractivity contribution >= 4 is 29.1 Å². The van der Waals surface area contributed by atoms with Crippen LogP contribution in [0.2, 0.25) is 0 Å². The number of carbonyl (C=O) groups is 3. The van der Waals surface area contributed by atoms with Crippen LogP contribution in [0.15, 0.2) is 78.9 Å². The van der Waals surface area contributed by atoms with Crippen LogP contribution in [0.3, 0.4) is 0 Å². The lowest BCUT2D eigenvalue weighted by Crippen LogP contribution is -2.29. The van der Waals surface area contributed by atoms with Gasteiger partial charge < -0.3 is 20.3 Å². The zero-order valence-corrected chi connectivity index (χ0v) is 18.3. The minimum atomic E-state index is -0.539. The fourth-order valence-corrected chi connectivity index (χ4v) is 3.87. The van der Waals surface area contributed by atoms with Crippen molar-refractivity contribution < 1.29 is 19.1 Å². The van der Waals surface area contributed by atoms with E-state index in [9.17, 15) is 14.4 Å². The normalized spacial score (nSPS) is 15.2. The molecule has 1 unspecified atom stereocenters. The van der Waals surface area contributed by atoms with E-state index in [2.05, 4.69) is 10.6 Å². The van der Waals surface area contributed by atoms with Crippen LogP contribution in [-0.2, 0) is 16.1 Å². The molecule has 4 rings (SSSR count). The Kier molecular flexibility index (Phi) is 6.69. The van der Waals surface area contributed by atoms with Gasteiger partial charge in [-0.05, 0) is 29.8 Å². The summed E-state index contributed by atoms with van der Waals surface area (Å²) in [5.74, 6) is -0.694. The first-order chi connectivity index (χ1) is 16.1. The van der Waals surface area contributed by atoms with Crippen molar-refractivity contribution in [3.63, 3.8) is 0 Å². The Labute approximate surface area is 192 Å². The lowest BCUT2D eigenvalue weighted by Gasteiger charge is -2.19. The van der Waals surface area contributed by atoms with E-state index in [-0.39, 0.29) is 30.7 Å². The van der Waals surface area contributed by atoms with E-state index in [4.69, 9.17) is 4.74 Å². The lowest BCUT2D eigenvalue weighted by molar-refractivity contribution is -0.122. The number of carbonyl (C=O) groups excluding carboxylic acids is 3. The van der Waals surface area contributed by atoms with Crippen LogP contribution in [0.1, 0.15) is 22.3 Å². The highest BCUT2D eigenvalue weighted by molar-refractivity contribution is 6.07. The summed E-state index contributed by atoms with van der Waals surface area (Å²) < 4.78 is 5.36. The molecular weight excluding hydrogens is 418 g/mol. The van der Waals surface area contributed by atoms with Gasteiger partial charge in [-0.3, -0.25) is 14.4 Å². The molecule has 0 radical (unpaired) electrons. The minimum Gasteiger partial charge on any atom is -0.495 e. The first-order valence-electron chi connectivity index (χ1n) is 10.7. The molecule has 1 aliphatic rings. The van der Waals surface area contributed by atoms with Gasteiger partial charge in [0.1, 0.15) is 5.75 Å². The number of para-hydroxylation sites is 3. The molecular formula is C26H25N3O4. The molecule has 1 fully saturated rings. The minimum absolute atomic E-state index is 0.0895. The number of nitrogens with one attached hydrogen (secondary N) is 2. The number of hydrogen-bond acceptors (Lipinski definition) is 4. The number of amides is 3. The van der Waals surface area contributed by atoms with E-state index in [0.717, 1.165) is 5.56 Å². The number of methoxy groups -OCH3 is 1. The molecule has 3 amide bonds. The summed E-state index contributed by atoms with van der Waals surface area (Å²) in [6.07, 6.45) is 0.0895. The van der Waals surface area contributed by atoms with Crippen LogP contribution in [0.4, 0.5) is 11.4 Å². The monoisotopic (exact) mass is 443 g/mol. The molecule has 0 aliphatic carbocycles. The van der Waals surface area contributed by atoms with Crippen LogP contribution in [0, 0.1) is 5.92 Å². The van der Waals surface area contributed by atoms with Crippen molar-refractivity contribution in [2.75, 3.05) is 23.9 Å². The largest absolute Gasteiger partial charge is 0.495 e. The van der Waals surface area contributed by atoms with Gasteiger partial charge in [-0.25, -0.2) is 0 Å². The first kappa shape index (κ1) is 22.1. The van der Waals surface area contributed by atoms with Gasteiger partial charge >= 0.3 is 0 Å². The maximum absolute atomic E-state index is 13.0. The van der Waals surface area contributed by atoms with Gasteiger partial charge in [0, 0.05) is 19.5 Å². The van der Waals surface area contributed by atoms with Crippen LogP contribution < -0.4 is 20.3 Å². The average Bonchev–Trinajstić information content (AvgIpc) is 3.25. The van der Waals surface area contributed by atoms with E-state index < -0.39 is 5.92 Å². The summed E-state index contributed by atoms with van der Waals surface area (Å²) in [5, 5.41) is 5.72. The van der Waals surface area contributed by atoms with Crippen molar-refractivity contribution in [3.05, 3.63) is 90.0 Å². The third-order valence-corrected chi connectivity index (χ3v) is 5.60. The van der Waals surface area contributed by atoms with Gasteiger partial charge in [0.25, 0.3) is 5.91 Å². The molecule has 1 aliphatic heterocycles. The predicted molar refractivity (Wildman–Crippen MR) is 126 cm³/mol. The quantitative estimate of drug-likeness (QED) is 0.584. The van der Waals surface area contributed by atoms with Gasteiger partial charge in [0.15, 0.2) is 0 Å². The molecule has 3 aromatic carbocycles. The number of anilines is 2. The van der Waals surface area contributed by atoms with Crippen LogP contribution >= 0.6 is 0 Å². The maximum atomic E-state index is 13.0. The summed E-state index contributed by atoms with van der Waals surface area (Å²) in [7, 11) is 1.54. The van der Waals surface area contributed by atoms with E-state index in [1.54, 1.807) is 48.4 Å². The molecule has 0 aromatic heterocycles. The highest BCUT2D eigenvalue weighted by Gasteiger charge is 2.36. The number of hydrogen-bond donors (Lipinski definition) is 2. The first-order valence-corrected chi connectivity index (χ1v) is 10.7. The second kappa shape index (κ2) is 9.99. The fraction of sp³-hybridized carbons (Fsp3) is 0.192. The SMILES string of the molecule is COc1ccccc1N1CC(C(=O)Nc2ccccc2C(=O)NCc2ccccc2)CC1=O. The average molecular weight is 444 g/mol. The zero-order chi connectivity index (χ0) is 23.2. The lowest BCUT2D eigenvalue weighted by atomic mass is 10.1. The van der Waals surface area contributed by atoms with Crippen molar-refractivity contribution in [2.24, 2.45) is 5.92 Å². The molecule has 0 bridgehead atoms. The van der Waals surface area contributed by atoms with E-state index >= 15 is 0 Å². The van der Waals surface area contributed by atoms with Crippen molar-refractivity contribution in [1.82, 2.24) is 5.32 Å². The number of benzene rings is 3. The molecule has 1 atom stereocenters. The molecule has 3 aromatic rings. The van der Waals surface area contributed by atoms with Gasteiger partial charge in [-0.1, -0.05) is 54.6 Å².